The molecule has 2 aromatic rings. The summed E-state index contributed by atoms with van der Waals surface area (Å²) in [5.74, 6) is 0. The van der Waals surface area contributed by atoms with Crippen molar-refractivity contribution in [3.63, 3.8) is 0 Å². The Morgan fingerprint density at radius 2 is 1.84 bits per heavy atom. The van der Waals surface area contributed by atoms with Crippen molar-refractivity contribution in [1.29, 1.82) is 0 Å². The fourth-order valence-electron chi connectivity index (χ4n) is 1.99. The second kappa shape index (κ2) is 3.94. The van der Waals surface area contributed by atoms with Gasteiger partial charge in [0.2, 0.25) is 0 Å². The van der Waals surface area contributed by atoms with E-state index in [1.54, 1.807) is 0 Å². The Morgan fingerprint density at radius 1 is 1.21 bits per heavy atom. The van der Waals surface area contributed by atoms with Crippen molar-refractivity contribution < 1.29 is 9.31 Å². The number of aromatic amines is 1. The van der Waals surface area contributed by atoms with Crippen molar-refractivity contribution in [3.05, 3.63) is 17.4 Å². The molecule has 1 aliphatic heterocycles. The Kier molecular flexibility index (Phi) is 2.68. The third kappa shape index (κ3) is 2.04. The minimum atomic E-state index is -0.445. The molecule has 0 unspecified atom stereocenters. The second-order valence-corrected chi connectivity index (χ2v) is 6.13. The highest BCUT2D eigenvalue weighted by molar-refractivity contribution is 6.61. The number of H-pyrrole nitrogens is 1. The first kappa shape index (κ1) is 12.9. The lowest BCUT2D eigenvalue weighted by atomic mass is 9.85. The maximum absolute atomic E-state index is 5.97. The van der Waals surface area contributed by atoms with E-state index in [0.29, 0.717) is 10.8 Å². The van der Waals surface area contributed by atoms with E-state index in [4.69, 9.17) is 20.9 Å². The average molecular weight is 280 g/mol. The molecule has 0 radical (unpaired) electrons. The molecule has 2 aromatic heterocycles. The molecule has 0 spiro atoms. The van der Waals surface area contributed by atoms with Crippen molar-refractivity contribution >= 4 is 35.5 Å². The third-order valence-corrected chi connectivity index (χ3v) is 4.02. The minimum Gasteiger partial charge on any atom is -0.398 e. The first-order valence-corrected chi connectivity index (χ1v) is 6.53. The summed E-state index contributed by atoms with van der Waals surface area (Å²) in [4.78, 5) is 11.5. The number of rotatable bonds is 1. The van der Waals surface area contributed by atoms with Crippen LogP contribution in [-0.2, 0) is 9.31 Å². The van der Waals surface area contributed by atoms with Gasteiger partial charge in [-0.2, -0.15) is 0 Å². The lowest BCUT2D eigenvalue weighted by Crippen LogP contribution is -2.41. The molecular weight excluding hydrogens is 264 g/mol. The van der Waals surface area contributed by atoms with E-state index in [1.165, 1.54) is 6.20 Å². The highest BCUT2D eigenvalue weighted by atomic mass is 35.5. The van der Waals surface area contributed by atoms with Crippen LogP contribution in [0.4, 0.5) is 0 Å². The Morgan fingerprint density at radius 3 is 2.47 bits per heavy atom. The van der Waals surface area contributed by atoms with Gasteiger partial charge in [-0.3, -0.25) is 0 Å². The van der Waals surface area contributed by atoms with Crippen molar-refractivity contribution in [2.45, 2.75) is 38.9 Å². The minimum absolute atomic E-state index is 0.356. The molecule has 3 rings (SSSR count). The van der Waals surface area contributed by atoms with Crippen LogP contribution in [0.15, 0.2) is 12.3 Å². The van der Waals surface area contributed by atoms with Gasteiger partial charge >= 0.3 is 7.12 Å². The summed E-state index contributed by atoms with van der Waals surface area (Å²) in [6, 6.07) is 1.88. The van der Waals surface area contributed by atoms with E-state index in [-0.39, 0.29) is 11.2 Å². The standard InChI is InChI=1S/C12H15BClN3O2/c1-11(2)12(3,4)19-13(18-11)8-5-7-10(16-8)17-9(14)6-15-7/h5-6H,1-4H3,(H,16,17). The van der Waals surface area contributed by atoms with E-state index >= 15 is 0 Å². The molecule has 0 saturated carbocycles. The maximum atomic E-state index is 5.97. The fraction of sp³-hybridized carbons (Fsp3) is 0.500. The van der Waals surface area contributed by atoms with Crippen LogP contribution in [0, 0.1) is 0 Å². The van der Waals surface area contributed by atoms with Gasteiger partial charge in [0.25, 0.3) is 0 Å². The Balaban J connectivity index is 1.98. The molecule has 1 N–H and O–H groups in total. The number of nitrogens with zero attached hydrogens (tertiary/aromatic N) is 2. The van der Waals surface area contributed by atoms with Crippen LogP contribution in [0.1, 0.15) is 27.7 Å². The molecule has 0 aromatic carbocycles. The predicted molar refractivity (Wildman–Crippen MR) is 74.6 cm³/mol. The van der Waals surface area contributed by atoms with E-state index in [2.05, 4.69) is 15.0 Å². The summed E-state index contributed by atoms with van der Waals surface area (Å²) in [7, 11) is -0.445. The lowest BCUT2D eigenvalue weighted by molar-refractivity contribution is 0.00578. The zero-order valence-corrected chi connectivity index (χ0v) is 12.1. The molecule has 100 valence electrons. The quantitative estimate of drug-likeness (QED) is 0.810. The Hall–Kier alpha value is -1.11. The predicted octanol–water partition coefficient (Wildman–Crippen LogP) is 1.91. The largest absolute Gasteiger partial charge is 0.512 e. The SMILES string of the molecule is CC1(C)OB(c2cc3ncc(Cl)nc3[nH]2)OC1(C)C. The van der Waals surface area contributed by atoms with Crippen molar-refractivity contribution in [1.82, 2.24) is 15.0 Å². The monoisotopic (exact) mass is 279 g/mol. The van der Waals surface area contributed by atoms with Crippen LogP contribution in [0.5, 0.6) is 0 Å². The van der Waals surface area contributed by atoms with Gasteiger partial charge in [-0.25, -0.2) is 9.97 Å². The Labute approximate surface area is 116 Å². The molecule has 1 aliphatic rings. The summed E-state index contributed by atoms with van der Waals surface area (Å²) < 4.78 is 11.9. The summed E-state index contributed by atoms with van der Waals surface area (Å²) in [6.45, 7) is 8.07. The van der Waals surface area contributed by atoms with Gasteiger partial charge in [0.15, 0.2) is 5.65 Å². The van der Waals surface area contributed by atoms with Gasteiger partial charge in [-0.15, -0.1) is 0 Å². The molecule has 3 heterocycles. The number of nitrogens with one attached hydrogen (secondary N) is 1. The summed E-state index contributed by atoms with van der Waals surface area (Å²) in [5, 5.41) is 0.356. The first-order valence-electron chi connectivity index (χ1n) is 6.15. The second-order valence-electron chi connectivity index (χ2n) is 5.74. The molecule has 19 heavy (non-hydrogen) atoms. The molecule has 0 amide bonds. The molecule has 0 atom stereocenters. The Bertz CT molecular complexity index is 625. The van der Waals surface area contributed by atoms with Crippen molar-refractivity contribution in [2.75, 3.05) is 0 Å². The van der Waals surface area contributed by atoms with Gasteiger partial charge in [0, 0.05) is 5.59 Å². The summed E-state index contributed by atoms with van der Waals surface area (Å²) >= 11 is 5.82. The van der Waals surface area contributed by atoms with E-state index in [0.717, 1.165) is 11.1 Å². The molecule has 5 nitrogen and oxygen atoms in total. The number of fused-ring (bicyclic) bond motifs is 1. The highest BCUT2D eigenvalue weighted by Gasteiger charge is 2.52. The number of aromatic nitrogens is 3. The van der Waals surface area contributed by atoms with Crippen molar-refractivity contribution in [3.8, 4) is 0 Å². The normalized spacial score (nSPS) is 21.2. The zero-order valence-electron chi connectivity index (χ0n) is 11.3. The van der Waals surface area contributed by atoms with Crippen LogP contribution in [0.25, 0.3) is 11.2 Å². The van der Waals surface area contributed by atoms with Gasteiger partial charge in [0.05, 0.1) is 17.4 Å². The van der Waals surface area contributed by atoms with Crippen LogP contribution >= 0.6 is 11.6 Å². The molecule has 0 aliphatic carbocycles. The van der Waals surface area contributed by atoms with E-state index in [1.807, 2.05) is 33.8 Å². The molecular formula is C12H15BClN3O2. The van der Waals surface area contributed by atoms with Gasteiger partial charge in [-0.05, 0) is 33.8 Å². The van der Waals surface area contributed by atoms with Crippen LogP contribution in [0.2, 0.25) is 5.15 Å². The fourth-order valence-corrected chi connectivity index (χ4v) is 2.12. The first-order chi connectivity index (χ1) is 8.78. The van der Waals surface area contributed by atoms with Gasteiger partial charge in [-0.1, -0.05) is 11.6 Å². The zero-order chi connectivity index (χ0) is 13.8. The summed E-state index contributed by atoms with van der Waals surface area (Å²) in [6.07, 6.45) is 1.52. The molecule has 1 fully saturated rings. The highest BCUT2D eigenvalue weighted by Crippen LogP contribution is 2.36. The average Bonchev–Trinajstić information content (AvgIpc) is 2.78. The van der Waals surface area contributed by atoms with Crippen molar-refractivity contribution in [2.24, 2.45) is 0 Å². The number of hydrogen-bond acceptors (Lipinski definition) is 4. The summed E-state index contributed by atoms with van der Waals surface area (Å²) in [5.41, 5.74) is 1.45. The van der Waals surface area contributed by atoms with Crippen LogP contribution in [-0.4, -0.2) is 33.3 Å². The molecule has 0 bridgehead atoms. The maximum Gasteiger partial charge on any atom is 0.512 e. The topological polar surface area (TPSA) is 60.0 Å². The van der Waals surface area contributed by atoms with Crippen LogP contribution in [0.3, 0.4) is 0 Å². The number of hydrogen-bond donors (Lipinski definition) is 1. The van der Waals surface area contributed by atoms with E-state index in [9.17, 15) is 0 Å². The molecule has 1 saturated heterocycles. The van der Waals surface area contributed by atoms with Gasteiger partial charge < -0.3 is 14.3 Å². The smallest absolute Gasteiger partial charge is 0.398 e. The van der Waals surface area contributed by atoms with E-state index < -0.39 is 7.12 Å². The third-order valence-electron chi connectivity index (χ3n) is 3.83. The van der Waals surface area contributed by atoms with Gasteiger partial charge in [0.1, 0.15) is 10.7 Å². The lowest BCUT2D eigenvalue weighted by Gasteiger charge is -2.32. The molecule has 7 heteroatoms. The van der Waals surface area contributed by atoms with Crippen LogP contribution < -0.4 is 5.59 Å². The number of halogens is 1.